The van der Waals surface area contributed by atoms with Gasteiger partial charge in [0.2, 0.25) is 5.91 Å². The quantitative estimate of drug-likeness (QED) is 0.807. The second-order valence-electron chi connectivity index (χ2n) is 4.93. The topological polar surface area (TPSA) is 84.1 Å². The van der Waals surface area contributed by atoms with Crippen molar-refractivity contribution in [2.75, 3.05) is 19.8 Å². The second-order valence-corrected chi connectivity index (χ2v) is 4.93. The zero-order valence-corrected chi connectivity index (χ0v) is 11.3. The van der Waals surface area contributed by atoms with E-state index in [0.29, 0.717) is 36.2 Å². The Labute approximate surface area is 111 Å². The lowest BCUT2D eigenvalue weighted by molar-refractivity contribution is -0.120. The molecule has 1 aliphatic heterocycles. The normalized spacial score (nSPS) is 18.5. The van der Waals surface area contributed by atoms with Crippen molar-refractivity contribution in [3.05, 3.63) is 27.4 Å². The summed E-state index contributed by atoms with van der Waals surface area (Å²) in [6, 6.07) is 0. The highest BCUT2D eigenvalue weighted by Crippen LogP contribution is 2.10. The molecule has 1 fully saturated rings. The highest BCUT2D eigenvalue weighted by molar-refractivity contribution is 5.78. The van der Waals surface area contributed by atoms with Crippen LogP contribution in [-0.4, -0.2) is 35.6 Å². The van der Waals surface area contributed by atoms with E-state index in [1.165, 1.54) is 0 Å². The number of carbonyl (C=O) groups is 1. The lowest BCUT2D eigenvalue weighted by Gasteiger charge is -2.10. The largest absolute Gasteiger partial charge is 0.381 e. The Morgan fingerprint density at radius 3 is 2.95 bits per heavy atom. The van der Waals surface area contributed by atoms with Gasteiger partial charge in [0.25, 0.3) is 5.56 Å². The molecular formula is C13H19N3O3. The van der Waals surface area contributed by atoms with Crippen LogP contribution in [0.25, 0.3) is 0 Å². The number of aromatic amines is 1. The van der Waals surface area contributed by atoms with Crippen molar-refractivity contribution in [2.24, 2.45) is 5.92 Å². The summed E-state index contributed by atoms with van der Waals surface area (Å²) in [6.45, 7) is 5.54. The van der Waals surface area contributed by atoms with Crippen molar-refractivity contribution in [3.63, 3.8) is 0 Å². The first-order chi connectivity index (χ1) is 9.06. The maximum atomic E-state index is 11.8. The van der Waals surface area contributed by atoms with Crippen LogP contribution in [0.2, 0.25) is 0 Å². The second kappa shape index (κ2) is 5.97. The van der Waals surface area contributed by atoms with E-state index in [-0.39, 0.29) is 17.9 Å². The van der Waals surface area contributed by atoms with Crippen LogP contribution >= 0.6 is 0 Å². The molecule has 0 bridgehead atoms. The van der Waals surface area contributed by atoms with Crippen molar-refractivity contribution in [3.8, 4) is 0 Å². The number of nitrogens with zero attached hydrogens (tertiary/aromatic N) is 1. The molecule has 6 nitrogen and oxygen atoms in total. The molecule has 2 N–H and O–H groups in total. The summed E-state index contributed by atoms with van der Waals surface area (Å²) < 4.78 is 5.24. The molecule has 1 amide bonds. The van der Waals surface area contributed by atoms with E-state index in [1.54, 1.807) is 13.8 Å². The number of carbonyl (C=O) groups excluding carboxylic acids is 1. The predicted molar refractivity (Wildman–Crippen MR) is 70.0 cm³/mol. The maximum absolute atomic E-state index is 11.8. The van der Waals surface area contributed by atoms with E-state index in [1.807, 2.05) is 0 Å². The van der Waals surface area contributed by atoms with Crippen molar-refractivity contribution in [1.29, 1.82) is 0 Å². The molecule has 0 aliphatic carbocycles. The number of H-pyrrole nitrogens is 1. The van der Waals surface area contributed by atoms with E-state index < -0.39 is 0 Å². The minimum absolute atomic E-state index is 0.0715. The first-order valence-electron chi connectivity index (χ1n) is 6.47. The fourth-order valence-corrected chi connectivity index (χ4v) is 2.18. The molecule has 104 valence electrons. The predicted octanol–water partition coefficient (Wildman–Crippen LogP) is 0.0819. The summed E-state index contributed by atoms with van der Waals surface area (Å²) in [6.07, 6.45) is 1.05. The SMILES string of the molecule is Cc1nc(C)c(CC(=O)NC[C@@H]2CCOC2)c(=O)[nH]1. The fraction of sp³-hybridized carbons (Fsp3) is 0.615. The molecule has 0 aromatic carbocycles. The molecule has 0 unspecified atom stereocenters. The number of rotatable bonds is 4. The number of aryl methyl sites for hydroxylation is 2. The van der Waals surface area contributed by atoms with Gasteiger partial charge in [-0.25, -0.2) is 4.98 Å². The van der Waals surface area contributed by atoms with Crippen molar-refractivity contribution >= 4 is 5.91 Å². The smallest absolute Gasteiger partial charge is 0.254 e. The molecule has 2 heterocycles. The summed E-state index contributed by atoms with van der Waals surface area (Å²) in [5.41, 5.74) is 0.815. The Morgan fingerprint density at radius 2 is 2.32 bits per heavy atom. The maximum Gasteiger partial charge on any atom is 0.254 e. The van der Waals surface area contributed by atoms with Gasteiger partial charge in [-0.3, -0.25) is 9.59 Å². The lowest BCUT2D eigenvalue weighted by atomic mass is 10.1. The van der Waals surface area contributed by atoms with Crippen LogP contribution in [0.5, 0.6) is 0 Å². The van der Waals surface area contributed by atoms with Gasteiger partial charge < -0.3 is 15.0 Å². The van der Waals surface area contributed by atoms with Crippen LogP contribution in [0, 0.1) is 19.8 Å². The number of amides is 1. The Kier molecular flexibility index (Phi) is 4.31. The third-order valence-electron chi connectivity index (χ3n) is 3.29. The molecule has 1 aromatic rings. The molecule has 1 aromatic heterocycles. The van der Waals surface area contributed by atoms with Gasteiger partial charge in [-0.1, -0.05) is 0 Å². The third-order valence-corrected chi connectivity index (χ3v) is 3.29. The van der Waals surface area contributed by atoms with E-state index in [4.69, 9.17) is 4.74 Å². The van der Waals surface area contributed by atoms with Crippen LogP contribution in [0.3, 0.4) is 0 Å². The van der Waals surface area contributed by atoms with E-state index in [9.17, 15) is 9.59 Å². The molecular weight excluding hydrogens is 246 g/mol. The molecule has 0 saturated carbocycles. The van der Waals surface area contributed by atoms with Gasteiger partial charge in [0.1, 0.15) is 5.82 Å². The number of hydrogen-bond acceptors (Lipinski definition) is 4. The van der Waals surface area contributed by atoms with Gasteiger partial charge in [-0.2, -0.15) is 0 Å². The van der Waals surface area contributed by atoms with Crippen LogP contribution < -0.4 is 10.9 Å². The highest BCUT2D eigenvalue weighted by Gasteiger charge is 2.17. The number of nitrogens with one attached hydrogen (secondary N) is 2. The summed E-state index contributed by atoms with van der Waals surface area (Å²) in [5, 5.41) is 2.84. The van der Waals surface area contributed by atoms with Gasteiger partial charge in [0.05, 0.1) is 13.0 Å². The molecule has 1 atom stereocenters. The fourth-order valence-electron chi connectivity index (χ4n) is 2.18. The summed E-state index contributed by atoms with van der Waals surface area (Å²) in [4.78, 5) is 30.4. The summed E-state index contributed by atoms with van der Waals surface area (Å²) >= 11 is 0. The summed E-state index contributed by atoms with van der Waals surface area (Å²) in [5.74, 6) is 0.806. The molecule has 1 saturated heterocycles. The monoisotopic (exact) mass is 265 g/mol. The minimum atomic E-state index is -0.232. The number of hydrogen-bond donors (Lipinski definition) is 2. The molecule has 2 rings (SSSR count). The Bertz CT molecular complexity index is 518. The van der Waals surface area contributed by atoms with E-state index >= 15 is 0 Å². The number of ether oxygens (including phenoxy) is 1. The van der Waals surface area contributed by atoms with Crippen molar-refractivity contribution in [2.45, 2.75) is 26.7 Å². The third kappa shape index (κ3) is 3.64. The van der Waals surface area contributed by atoms with Gasteiger partial charge >= 0.3 is 0 Å². The first kappa shape index (κ1) is 13.7. The van der Waals surface area contributed by atoms with Crippen molar-refractivity contribution < 1.29 is 9.53 Å². The molecule has 19 heavy (non-hydrogen) atoms. The standard InChI is InChI=1S/C13H19N3O3/c1-8-11(13(18)16-9(2)15-8)5-12(17)14-6-10-3-4-19-7-10/h10H,3-7H2,1-2H3,(H,14,17)(H,15,16,18)/t10-/m0/s1. The highest BCUT2D eigenvalue weighted by atomic mass is 16.5. The van der Waals surface area contributed by atoms with Crippen molar-refractivity contribution in [1.82, 2.24) is 15.3 Å². The molecule has 6 heteroatoms. The molecule has 0 radical (unpaired) electrons. The van der Waals surface area contributed by atoms with E-state index in [0.717, 1.165) is 13.0 Å². The van der Waals surface area contributed by atoms with Gasteiger partial charge in [-0.15, -0.1) is 0 Å². The van der Waals surface area contributed by atoms with Crippen LogP contribution in [-0.2, 0) is 16.0 Å². The average Bonchev–Trinajstić information content (AvgIpc) is 2.84. The van der Waals surface area contributed by atoms with Crippen LogP contribution in [0.4, 0.5) is 0 Å². The first-order valence-corrected chi connectivity index (χ1v) is 6.47. The Hall–Kier alpha value is -1.69. The van der Waals surface area contributed by atoms with Gasteiger partial charge in [0.15, 0.2) is 0 Å². The molecule has 1 aliphatic rings. The van der Waals surface area contributed by atoms with E-state index in [2.05, 4.69) is 15.3 Å². The van der Waals surface area contributed by atoms with Crippen LogP contribution in [0.1, 0.15) is 23.5 Å². The zero-order chi connectivity index (χ0) is 13.8. The van der Waals surface area contributed by atoms with Crippen LogP contribution in [0.15, 0.2) is 4.79 Å². The number of aromatic nitrogens is 2. The summed E-state index contributed by atoms with van der Waals surface area (Å²) in [7, 11) is 0. The molecule has 0 spiro atoms. The Balaban J connectivity index is 1.93. The van der Waals surface area contributed by atoms with Gasteiger partial charge in [0, 0.05) is 30.3 Å². The average molecular weight is 265 g/mol. The Morgan fingerprint density at radius 1 is 1.53 bits per heavy atom. The lowest BCUT2D eigenvalue weighted by Crippen LogP contribution is -2.33. The zero-order valence-electron chi connectivity index (χ0n) is 11.3. The minimum Gasteiger partial charge on any atom is -0.381 e. The van der Waals surface area contributed by atoms with Gasteiger partial charge in [-0.05, 0) is 20.3 Å².